The van der Waals surface area contributed by atoms with E-state index in [4.69, 9.17) is 10.4 Å². The highest BCUT2D eigenvalue weighted by Gasteiger charge is 2.22. The van der Waals surface area contributed by atoms with Crippen molar-refractivity contribution in [2.45, 2.75) is 25.7 Å². The summed E-state index contributed by atoms with van der Waals surface area (Å²) in [6.07, 6.45) is 2.47. The van der Waals surface area contributed by atoms with Gasteiger partial charge in [-0.15, -0.1) is 0 Å². The third-order valence-electron chi connectivity index (χ3n) is 1.84. The second kappa shape index (κ2) is 3.85. The van der Waals surface area contributed by atoms with E-state index in [1.54, 1.807) is 0 Å². The number of oxime groups is 2. The number of carbonyl (C=O) groups is 1. The van der Waals surface area contributed by atoms with Gasteiger partial charge in [0.1, 0.15) is 11.4 Å². The number of nitrogens with zero attached hydrogens (tertiary/aromatic N) is 2. The SMILES string of the molecule is O=C1/C(=N\O)CCCC/C1=N\O. The van der Waals surface area contributed by atoms with Gasteiger partial charge in [0.2, 0.25) is 5.78 Å². The molecule has 5 nitrogen and oxygen atoms in total. The van der Waals surface area contributed by atoms with E-state index in [0.29, 0.717) is 12.8 Å². The zero-order valence-corrected chi connectivity index (χ0v) is 6.53. The van der Waals surface area contributed by atoms with Gasteiger partial charge >= 0.3 is 0 Å². The smallest absolute Gasteiger partial charge is 0.228 e. The van der Waals surface area contributed by atoms with Crippen LogP contribution in [0.4, 0.5) is 0 Å². The van der Waals surface area contributed by atoms with E-state index in [9.17, 15) is 4.79 Å². The predicted molar refractivity (Wildman–Crippen MR) is 41.9 cm³/mol. The minimum atomic E-state index is -0.447. The van der Waals surface area contributed by atoms with Crippen LogP contribution in [0.3, 0.4) is 0 Å². The van der Waals surface area contributed by atoms with Crippen LogP contribution < -0.4 is 0 Å². The maximum atomic E-state index is 11.2. The van der Waals surface area contributed by atoms with Gasteiger partial charge in [0.05, 0.1) is 0 Å². The third-order valence-corrected chi connectivity index (χ3v) is 1.84. The summed E-state index contributed by atoms with van der Waals surface area (Å²) in [5.41, 5.74) is 0.167. The van der Waals surface area contributed by atoms with Crippen LogP contribution in [-0.4, -0.2) is 27.6 Å². The molecule has 1 aliphatic rings. The molecule has 0 atom stereocenters. The first-order valence-corrected chi connectivity index (χ1v) is 3.76. The first kappa shape index (κ1) is 8.70. The molecule has 0 unspecified atom stereocenters. The Bertz CT molecular complexity index is 221. The van der Waals surface area contributed by atoms with E-state index >= 15 is 0 Å². The largest absolute Gasteiger partial charge is 0.411 e. The van der Waals surface area contributed by atoms with Crippen LogP contribution in [0.5, 0.6) is 0 Å². The Balaban J connectivity index is 2.88. The molecular formula is C7H10N2O3. The standard InChI is InChI=1S/C7H10N2O3/c10-7-5(8-11)3-1-2-4-6(7)9-12/h11-12H,1-4H2/b8-5-,9-6+. The Morgan fingerprint density at radius 3 is 1.75 bits per heavy atom. The molecule has 0 aromatic rings. The average Bonchev–Trinajstić information content (AvgIpc) is 2.27. The highest BCUT2D eigenvalue weighted by molar-refractivity contribution is 6.66. The Labute approximate surface area is 69.4 Å². The number of carbonyl (C=O) groups excluding carboxylic acids is 1. The molecule has 0 saturated heterocycles. The Kier molecular flexibility index (Phi) is 2.79. The molecule has 12 heavy (non-hydrogen) atoms. The molecule has 0 aromatic heterocycles. The van der Waals surface area contributed by atoms with Crippen LogP contribution in [0.25, 0.3) is 0 Å². The first-order chi connectivity index (χ1) is 5.79. The minimum absolute atomic E-state index is 0.0836. The van der Waals surface area contributed by atoms with E-state index < -0.39 is 5.78 Å². The number of rotatable bonds is 0. The Morgan fingerprint density at radius 2 is 1.42 bits per heavy atom. The lowest BCUT2D eigenvalue weighted by Crippen LogP contribution is -2.21. The molecule has 0 bridgehead atoms. The van der Waals surface area contributed by atoms with Crippen molar-refractivity contribution in [3.05, 3.63) is 0 Å². The summed E-state index contributed by atoms with van der Waals surface area (Å²) in [6, 6.07) is 0. The zero-order valence-electron chi connectivity index (χ0n) is 6.53. The van der Waals surface area contributed by atoms with Crippen molar-refractivity contribution in [2.24, 2.45) is 10.3 Å². The van der Waals surface area contributed by atoms with Crippen molar-refractivity contribution in [2.75, 3.05) is 0 Å². The molecule has 0 aliphatic heterocycles. The van der Waals surface area contributed by atoms with Gasteiger partial charge in [-0.3, -0.25) is 4.79 Å². The van der Waals surface area contributed by atoms with Gasteiger partial charge in [-0.25, -0.2) is 0 Å². The Morgan fingerprint density at radius 1 is 1.00 bits per heavy atom. The van der Waals surface area contributed by atoms with Crippen molar-refractivity contribution < 1.29 is 15.2 Å². The fourth-order valence-corrected chi connectivity index (χ4v) is 1.17. The fraction of sp³-hybridized carbons (Fsp3) is 0.571. The van der Waals surface area contributed by atoms with Crippen LogP contribution in [-0.2, 0) is 4.79 Å². The molecule has 0 amide bonds. The summed E-state index contributed by atoms with van der Waals surface area (Å²) in [6.45, 7) is 0. The first-order valence-electron chi connectivity index (χ1n) is 3.76. The molecule has 1 rings (SSSR count). The van der Waals surface area contributed by atoms with E-state index in [1.165, 1.54) is 0 Å². The maximum absolute atomic E-state index is 11.2. The van der Waals surface area contributed by atoms with Gasteiger partial charge in [0.25, 0.3) is 0 Å². The fourth-order valence-electron chi connectivity index (χ4n) is 1.17. The second-order valence-electron chi connectivity index (χ2n) is 2.63. The average molecular weight is 170 g/mol. The van der Waals surface area contributed by atoms with Crippen LogP contribution >= 0.6 is 0 Å². The summed E-state index contributed by atoms with van der Waals surface area (Å²) in [7, 11) is 0. The zero-order chi connectivity index (χ0) is 8.97. The lowest BCUT2D eigenvalue weighted by Gasteiger charge is -1.96. The van der Waals surface area contributed by atoms with Gasteiger partial charge in [-0.2, -0.15) is 0 Å². The topological polar surface area (TPSA) is 82.2 Å². The lowest BCUT2D eigenvalue weighted by molar-refractivity contribution is -0.107. The number of hydrogen-bond acceptors (Lipinski definition) is 5. The van der Waals surface area contributed by atoms with Crippen LogP contribution in [0, 0.1) is 0 Å². The molecule has 2 N–H and O–H groups in total. The van der Waals surface area contributed by atoms with Crippen molar-refractivity contribution in [1.29, 1.82) is 0 Å². The minimum Gasteiger partial charge on any atom is -0.411 e. The molecule has 0 aromatic carbocycles. The summed E-state index contributed by atoms with van der Waals surface area (Å²) in [5.74, 6) is -0.447. The van der Waals surface area contributed by atoms with Gasteiger partial charge in [0, 0.05) is 0 Å². The molecule has 1 saturated carbocycles. The molecule has 0 radical (unpaired) electrons. The van der Waals surface area contributed by atoms with Gasteiger partial charge < -0.3 is 10.4 Å². The van der Waals surface area contributed by atoms with Crippen molar-refractivity contribution >= 4 is 17.2 Å². The number of ketones is 1. The van der Waals surface area contributed by atoms with Crippen LogP contribution in [0.2, 0.25) is 0 Å². The van der Waals surface area contributed by atoms with Gasteiger partial charge in [-0.1, -0.05) is 10.3 Å². The maximum Gasteiger partial charge on any atom is 0.228 e. The van der Waals surface area contributed by atoms with Crippen LogP contribution in [0.15, 0.2) is 10.3 Å². The highest BCUT2D eigenvalue weighted by Crippen LogP contribution is 2.10. The van der Waals surface area contributed by atoms with E-state index in [2.05, 4.69) is 10.3 Å². The third kappa shape index (κ3) is 1.61. The molecule has 66 valence electrons. The van der Waals surface area contributed by atoms with Gasteiger partial charge in [-0.05, 0) is 25.7 Å². The van der Waals surface area contributed by atoms with Gasteiger partial charge in [0.15, 0.2) is 0 Å². The molecule has 1 fully saturated rings. The van der Waals surface area contributed by atoms with Crippen molar-refractivity contribution in [1.82, 2.24) is 0 Å². The molecule has 5 heteroatoms. The van der Waals surface area contributed by atoms with E-state index in [0.717, 1.165) is 12.8 Å². The predicted octanol–water partition coefficient (Wildman–Crippen LogP) is 0.790. The summed E-state index contributed by atoms with van der Waals surface area (Å²) in [5, 5.41) is 22.6. The summed E-state index contributed by atoms with van der Waals surface area (Å²) < 4.78 is 0. The number of Topliss-reactive ketones (excluding diaryl/α,β-unsaturated/α-hetero) is 1. The second-order valence-corrected chi connectivity index (χ2v) is 2.63. The van der Waals surface area contributed by atoms with Crippen LogP contribution in [0.1, 0.15) is 25.7 Å². The van der Waals surface area contributed by atoms with Crippen molar-refractivity contribution in [3.63, 3.8) is 0 Å². The monoisotopic (exact) mass is 170 g/mol. The normalized spacial score (nSPS) is 26.2. The summed E-state index contributed by atoms with van der Waals surface area (Å²) in [4.78, 5) is 11.2. The Hall–Kier alpha value is -1.39. The number of hydrogen-bond donors (Lipinski definition) is 2. The summed E-state index contributed by atoms with van der Waals surface area (Å²) >= 11 is 0. The van der Waals surface area contributed by atoms with E-state index in [-0.39, 0.29) is 11.4 Å². The highest BCUT2D eigenvalue weighted by atomic mass is 16.4. The molecule has 0 spiro atoms. The lowest BCUT2D eigenvalue weighted by atomic mass is 10.1. The van der Waals surface area contributed by atoms with Crippen molar-refractivity contribution in [3.8, 4) is 0 Å². The quantitative estimate of drug-likeness (QED) is 0.320. The molecular weight excluding hydrogens is 160 g/mol. The molecule has 1 aliphatic carbocycles. The van der Waals surface area contributed by atoms with E-state index in [1.807, 2.05) is 0 Å². The molecule has 0 heterocycles.